The highest BCUT2D eigenvalue weighted by atomic mass is 32.2. The maximum Gasteiger partial charge on any atom is 0.328 e. The van der Waals surface area contributed by atoms with Crippen LogP contribution in [0.5, 0.6) is 0 Å². The fraction of sp³-hybridized carbons (Fsp3) is 0.750. The van der Waals surface area contributed by atoms with Crippen LogP contribution in [-0.4, -0.2) is 95.7 Å². The summed E-state index contributed by atoms with van der Waals surface area (Å²) in [5.74, 6) is -2.95. The lowest BCUT2D eigenvalue weighted by molar-refractivity contribution is -0.143. The SMILES string of the molecule is CSCCC(NC(=O)C(N)CCCCN)C(=O)NC(CCCN=C(N)N)C(=O)NC(CO)C(=O)O. The number of rotatable bonds is 19. The van der Waals surface area contributed by atoms with Crippen LogP contribution < -0.4 is 38.9 Å². The van der Waals surface area contributed by atoms with Crippen LogP contribution in [0, 0.1) is 0 Å². The Hall–Kier alpha value is -2.62. The Balaban J connectivity index is 5.41. The smallest absolute Gasteiger partial charge is 0.328 e. The highest BCUT2D eigenvalue weighted by Crippen LogP contribution is 2.06. The Kier molecular flexibility index (Phi) is 17.3. The topological polar surface area (TPSA) is 261 Å². The third-order valence-corrected chi connectivity index (χ3v) is 5.57. The van der Waals surface area contributed by atoms with Crippen molar-refractivity contribution in [3.8, 4) is 0 Å². The van der Waals surface area contributed by atoms with Gasteiger partial charge in [-0.1, -0.05) is 6.42 Å². The van der Waals surface area contributed by atoms with Crippen LogP contribution in [0.3, 0.4) is 0 Å². The molecule has 0 saturated carbocycles. The van der Waals surface area contributed by atoms with Crippen molar-refractivity contribution in [2.24, 2.45) is 27.9 Å². The van der Waals surface area contributed by atoms with Gasteiger partial charge < -0.3 is 49.1 Å². The molecule has 0 spiro atoms. The first-order valence-corrected chi connectivity index (χ1v) is 12.7. The lowest BCUT2D eigenvalue weighted by Crippen LogP contribution is -2.57. The van der Waals surface area contributed by atoms with Crippen LogP contribution in [-0.2, 0) is 19.2 Å². The number of nitrogens with zero attached hydrogens (tertiary/aromatic N) is 1. The van der Waals surface area contributed by atoms with Gasteiger partial charge in [-0.15, -0.1) is 0 Å². The third-order valence-electron chi connectivity index (χ3n) is 4.93. The van der Waals surface area contributed by atoms with Crippen molar-refractivity contribution in [2.45, 2.75) is 62.7 Å². The van der Waals surface area contributed by atoms with Gasteiger partial charge in [-0.05, 0) is 50.7 Å². The van der Waals surface area contributed by atoms with Crippen LogP contribution in [0.1, 0.15) is 38.5 Å². The van der Waals surface area contributed by atoms with Gasteiger partial charge >= 0.3 is 5.97 Å². The van der Waals surface area contributed by atoms with E-state index in [9.17, 15) is 24.3 Å². The van der Waals surface area contributed by atoms with E-state index >= 15 is 0 Å². The second kappa shape index (κ2) is 18.7. The zero-order valence-corrected chi connectivity index (χ0v) is 20.9. The standard InChI is InChI=1S/C20H40N8O6S/c1-35-10-7-14(26-16(30)12(22)5-2-3-8-21)18(32)27-13(6-4-9-25-20(23)24)17(31)28-15(11-29)19(33)34/h12-15,29H,2-11,21-22H2,1H3,(H,26,30)(H,27,32)(H,28,31)(H,33,34)(H4,23,24,25). The minimum atomic E-state index is -1.54. The molecule has 0 aromatic heterocycles. The molecule has 0 aliphatic rings. The van der Waals surface area contributed by atoms with Gasteiger partial charge in [0.05, 0.1) is 12.6 Å². The number of carbonyl (C=O) groups excluding carboxylic acids is 3. The molecule has 14 nitrogen and oxygen atoms in total. The van der Waals surface area contributed by atoms with Crippen LogP contribution in [0.15, 0.2) is 4.99 Å². The number of carbonyl (C=O) groups is 4. The summed E-state index contributed by atoms with van der Waals surface area (Å²) in [5, 5.41) is 25.7. The van der Waals surface area contributed by atoms with Gasteiger partial charge in [0.25, 0.3) is 0 Å². The van der Waals surface area contributed by atoms with E-state index in [0.717, 1.165) is 6.42 Å². The first-order chi connectivity index (χ1) is 16.6. The average molecular weight is 521 g/mol. The first kappa shape index (κ1) is 32.4. The summed E-state index contributed by atoms with van der Waals surface area (Å²) in [6.45, 7) is -0.169. The summed E-state index contributed by atoms with van der Waals surface area (Å²) in [6, 6.07) is -4.47. The minimum Gasteiger partial charge on any atom is -0.480 e. The maximum absolute atomic E-state index is 13.0. The van der Waals surface area contributed by atoms with E-state index in [2.05, 4.69) is 20.9 Å². The molecule has 13 N–H and O–H groups in total. The van der Waals surface area contributed by atoms with Crippen LogP contribution in [0.25, 0.3) is 0 Å². The Bertz CT molecular complexity index is 707. The molecule has 4 unspecified atom stereocenters. The molecule has 0 aliphatic heterocycles. The van der Waals surface area contributed by atoms with Crippen molar-refractivity contribution in [3.05, 3.63) is 0 Å². The number of guanidine groups is 1. The van der Waals surface area contributed by atoms with Gasteiger partial charge in [0.2, 0.25) is 17.7 Å². The van der Waals surface area contributed by atoms with E-state index in [1.165, 1.54) is 11.8 Å². The van der Waals surface area contributed by atoms with Gasteiger partial charge in [-0.2, -0.15) is 11.8 Å². The molecular weight excluding hydrogens is 480 g/mol. The normalized spacial score (nSPS) is 14.2. The molecule has 0 heterocycles. The van der Waals surface area contributed by atoms with Crippen LogP contribution in [0.4, 0.5) is 0 Å². The van der Waals surface area contributed by atoms with Gasteiger partial charge in [-0.25, -0.2) is 4.79 Å². The van der Waals surface area contributed by atoms with E-state index in [1.54, 1.807) is 0 Å². The summed E-state index contributed by atoms with van der Waals surface area (Å²) in [6.07, 6.45) is 4.29. The van der Waals surface area contributed by atoms with Gasteiger partial charge in [0, 0.05) is 6.54 Å². The molecule has 35 heavy (non-hydrogen) atoms. The number of hydrogen-bond donors (Lipinski definition) is 9. The Morgan fingerprint density at radius 2 is 1.46 bits per heavy atom. The number of nitrogens with one attached hydrogen (secondary N) is 3. The van der Waals surface area contributed by atoms with Crippen molar-refractivity contribution < 1.29 is 29.4 Å². The van der Waals surface area contributed by atoms with Crippen molar-refractivity contribution in [1.29, 1.82) is 0 Å². The number of aliphatic hydroxyl groups excluding tert-OH is 1. The molecule has 4 atom stereocenters. The second-order valence-corrected chi connectivity index (χ2v) is 8.81. The van der Waals surface area contributed by atoms with Crippen molar-refractivity contribution in [1.82, 2.24) is 16.0 Å². The van der Waals surface area contributed by atoms with Gasteiger partial charge in [0.1, 0.15) is 18.1 Å². The molecule has 0 aromatic rings. The summed E-state index contributed by atoms with van der Waals surface area (Å²) in [4.78, 5) is 53.2. The summed E-state index contributed by atoms with van der Waals surface area (Å²) in [7, 11) is 0. The molecule has 0 rings (SSSR count). The minimum absolute atomic E-state index is 0.0773. The number of aliphatic carboxylic acids is 1. The number of aliphatic hydroxyl groups is 1. The zero-order chi connectivity index (χ0) is 26.8. The number of nitrogens with two attached hydrogens (primary N) is 4. The van der Waals surface area contributed by atoms with Crippen molar-refractivity contribution in [2.75, 3.05) is 31.7 Å². The maximum atomic E-state index is 13.0. The highest BCUT2D eigenvalue weighted by molar-refractivity contribution is 7.98. The van der Waals surface area contributed by atoms with Crippen LogP contribution >= 0.6 is 11.8 Å². The summed E-state index contributed by atoms with van der Waals surface area (Å²) >= 11 is 1.47. The van der Waals surface area contributed by atoms with E-state index < -0.39 is 54.5 Å². The second-order valence-electron chi connectivity index (χ2n) is 7.83. The lowest BCUT2D eigenvalue weighted by Gasteiger charge is -2.25. The van der Waals surface area contributed by atoms with Gasteiger partial charge in [-0.3, -0.25) is 19.4 Å². The molecule has 202 valence electrons. The molecule has 0 fully saturated rings. The van der Waals surface area contributed by atoms with Crippen molar-refractivity contribution in [3.63, 3.8) is 0 Å². The van der Waals surface area contributed by atoms with E-state index in [1.807, 2.05) is 6.26 Å². The number of carboxylic acids is 1. The predicted octanol–water partition coefficient (Wildman–Crippen LogP) is -3.22. The van der Waals surface area contributed by atoms with E-state index in [4.69, 9.17) is 28.0 Å². The number of thioether (sulfide) groups is 1. The fourth-order valence-electron chi connectivity index (χ4n) is 2.93. The lowest BCUT2D eigenvalue weighted by atomic mass is 10.1. The van der Waals surface area contributed by atoms with E-state index in [0.29, 0.717) is 31.6 Å². The monoisotopic (exact) mass is 520 g/mol. The fourth-order valence-corrected chi connectivity index (χ4v) is 3.40. The molecule has 15 heteroatoms. The molecule has 0 aliphatic carbocycles. The number of amides is 3. The van der Waals surface area contributed by atoms with E-state index in [-0.39, 0.29) is 25.3 Å². The Morgan fingerprint density at radius 1 is 0.886 bits per heavy atom. The first-order valence-electron chi connectivity index (χ1n) is 11.3. The molecule has 3 amide bonds. The molecular formula is C20H40N8O6S. The Labute approximate surface area is 209 Å². The highest BCUT2D eigenvalue weighted by Gasteiger charge is 2.29. The third kappa shape index (κ3) is 14.4. The quantitative estimate of drug-likeness (QED) is 0.0464. The molecule has 0 bridgehead atoms. The summed E-state index contributed by atoms with van der Waals surface area (Å²) < 4.78 is 0. The van der Waals surface area contributed by atoms with Crippen LogP contribution in [0.2, 0.25) is 0 Å². The van der Waals surface area contributed by atoms with Gasteiger partial charge in [0.15, 0.2) is 5.96 Å². The molecule has 0 aromatic carbocycles. The number of carboxylic acid groups (broad SMARTS) is 1. The predicted molar refractivity (Wildman–Crippen MR) is 134 cm³/mol. The number of hydrogen-bond acceptors (Lipinski definition) is 9. The molecule has 0 saturated heterocycles. The zero-order valence-electron chi connectivity index (χ0n) is 20.1. The number of aliphatic imine (C=N–C) groups is 1. The largest absolute Gasteiger partial charge is 0.480 e. The number of unbranched alkanes of at least 4 members (excludes halogenated alkanes) is 1. The summed E-state index contributed by atoms with van der Waals surface area (Å²) in [5.41, 5.74) is 22.0. The van der Waals surface area contributed by atoms with Crippen molar-refractivity contribution >= 4 is 41.4 Å². The molecule has 0 radical (unpaired) electrons. The Morgan fingerprint density at radius 3 is 1.97 bits per heavy atom. The average Bonchev–Trinajstić information content (AvgIpc) is 2.81.